The van der Waals surface area contributed by atoms with E-state index in [-0.39, 0.29) is 23.0 Å². The highest BCUT2D eigenvalue weighted by Gasteiger charge is 2.14. The maximum Gasteiger partial charge on any atom is 0.308 e. The Labute approximate surface area is 210 Å². The van der Waals surface area contributed by atoms with E-state index in [0.29, 0.717) is 33.1 Å². The number of aromatic nitrogens is 2. The fourth-order valence-corrected chi connectivity index (χ4v) is 4.16. The monoisotopic (exact) mass is 502 g/mol. The zero-order valence-electron chi connectivity index (χ0n) is 19.5. The van der Waals surface area contributed by atoms with Crippen LogP contribution in [0.25, 0.3) is 16.6 Å². The number of hydrogen-bond donors (Lipinski definition) is 1. The van der Waals surface area contributed by atoms with Gasteiger partial charge in [0.1, 0.15) is 0 Å². The van der Waals surface area contributed by atoms with E-state index in [2.05, 4.69) is 15.5 Å². The Morgan fingerprint density at radius 1 is 1.06 bits per heavy atom. The number of amides is 1. The topological polar surface area (TPSA) is 112 Å². The van der Waals surface area contributed by atoms with Crippen molar-refractivity contribution in [3.8, 4) is 17.2 Å². The van der Waals surface area contributed by atoms with Gasteiger partial charge in [-0.15, -0.1) is 0 Å². The number of nitrogens with one attached hydrogen (secondary N) is 1. The molecule has 3 aromatic carbocycles. The van der Waals surface area contributed by atoms with Crippen LogP contribution in [0.4, 0.5) is 0 Å². The molecule has 10 heteroatoms. The van der Waals surface area contributed by atoms with Crippen molar-refractivity contribution in [2.45, 2.75) is 12.1 Å². The van der Waals surface area contributed by atoms with E-state index in [4.69, 9.17) is 9.47 Å². The fourth-order valence-electron chi connectivity index (χ4n) is 3.36. The highest BCUT2D eigenvalue weighted by atomic mass is 32.2. The van der Waals surface area contributed by atoms with Crippen molar-refractivity contribution in [2.75, 3.05) is 12.9 Å². The van der Waals surface area contributed by atoms with E-state index in [0.717, 1.165) is 11.8 Å². The second-order valence-electron chi connectivity index (χ2n) is 7.47. The molecule has 0 fully saturated rings. The fraction of sp³-hybridized carbons (Fsp3) is 0.115. The van der Waals surface area contributed by atoms with E-state index < -0.39 is 5.97 Å². The molecule has 0 aliphatic rings. The Bertz CT molecular complexity index is 1500. The van der Waals surface area contributed by atoms with Crippen molar-refractivity contribution >= 4 is 40.8 Å². The summed E-state index contributed by atoms with van der Waals surface area (Å²) in [6.45, 7) is 1.30. The Morgan fingerprint density at radius 3 is 2.56 bits per heavy atom. The zero-order chi connectivity index (χ0) is 25.5. The molecule has 0 bridgehead atoms. The van der Waals surface area contributed by atoms with E-state index in [1.54, 1.807) is 36.4 Å². The molecule has 1 aromatic heterocycles. The molecule has 0 aliphatic carbocycles. The summed E-state index contributed by atoms with van der Waals surface area (Å²) in [7, 11) is 1.46. The molecule has 4 aromatic rings. The van der Waals surface area contributed by atoms with Crippen LogP contribution in [-0.4, -0.2) is 40.5 Å². The van der Waals surface area contributed by atoms with Crippen molar-refractivity contribution < 1.29 is 19.1 Å². The number of ether oxygens (including phenoxy) is 2. The van der Waals surface area contributed by atoms with Gasteiger partial charge in [-0.3, -0.25) is 19.0 Å². The SMILES string of the molecule is COc1cc(C=NNC(=O)CSc2nc3ccccc3c(=O)n2-c2ccccc2)ccc1OC(C)=O. The minimum atomic E-state index is -0.460. The molecule has 182 valence electrons. The first-order valence-corrected chi connectivity index (χ1v) is 11.8. The highest BCUT2D eigenvalue weighted by molar-refractivity contribution is 7.99. The third kappa shape index (κ3) is 5.78. The number of rotatable bonds is 8. The second kappa shape index (κ2) is 11.3. The number of hydrogen-bond acceptors (Lipinski definition) is 8. The molecule has 0 radical (unpaired) electrons. The van der Waals surface area contributed by atoms with E-state index in [1.807, 2.05) is 36.4 Å². The van der Waals surface area contributed by atoms with Crippen molar-refractivity contribution in [3.63, 3.8) is 0 Å². The van der Waals surface area contributed by atoms with Crippen LogP contribution in [0.1, 0.15) is 12.5 Å². The summed E-state index contributed by atoms with van der Waals surface area (Å²) in [6.07, 6.45) is 1.44. The molecule has 0 saturated carbocycles. The van der Waals surface area contributed by atoms with Gasteiger partial charge in [-0.2, -0.15) is 5.10 Å². The molecule has 4 rings (SSSR count). The zero-order valence-corrected chi connectivity index (χ0v) is 20.3. The van der Waals surface area contributed by atoms with Crippen LogP contribution < -0.4 is 20.5 Å². The predicted molar refractivity (Wildman–Crippen MR) is 138 cm³/mol. The number of carbonyl (C=O) groups is 2. The number of benzene rings is 3. The van der Waals surface area contributed by atoms with E-state index in [9.17, 15) is 14.4 Å². The van der Waals surface area contributed by atoms with Gasteiger partial charge in [-0.05, 0) is 48.0 Å². The molecule has 0 saturated heterocycles. The minimum Gasteiger partial charge on any atom is -0.493 e. The van der Waals surface area contributed by atoms with E-state index >= 15 is 0 Å². The normalized spacial score (nSPS) is 10.9. The van der Waals surface area contributed by atoms with Gasteiger partial charge in [0, 0.05) is 6.92 Å². The lowest BCUT2D eigenvalue weighted by Gasteiger charge is -2.12. The Balaban J connectivity index is 1.48. The molecule has 1 N–H and O–H groups in total. The van der Waals surface area contributed by atoms with Gasteiger partial charge < -0.3 is 9.47 Å². The van der Waals surface area contributed by atoms with Gasteiger partial charge in [0.2, 0.25) is 0 Å². The van der Waals surface area contributed by atoms with Gasteiger partial charge >= 0.3 is 5.97 Å². The molecular weight excluding hydrogens is 480 g/mol. The lowest BCUT2D eigenvalue weighted by molar-refractivity contribution is -0.132. The third-order valence-corrected chi connectivity index (χ3v) is 5.87. The van der Waals surface area contributed by atoms with Gasteiger partial charge in [0.15, 0.2) is 16.7 Å². The molecule has 1 heterocycles. The third-order valence-electron chi connectivity index (χ3n) is 4.94. The van der Waals surface area contributed by atoms with Crippen LogP contribution in [0.15, 0.2) is 87.8 Å². The molecule has 9 nitrogen and oxygen atoms in total. The number of nitrogens with zero attached hydrogens (tertiary/aromatic N) is 3. The second-order valence-corrected chi connectivity index (χ2v) is 8.42. The van der Waals surface area contributed by atoms with Crippen LogP contribution in [0, 0.1) is 0 Å². The maximum absolute atomic E-state index is 13.2. The van der Waals surface area contributed by atoms with Gasteiger partial charge in [0.25, 0.3) is 11.5 Å². The molecule has 36 heavy (non-hydrogen) atoms. The van der Waals surface area contributed by atoms with Crippen LogP contribution >= 0.6 is 11.8 Å². The van der Waals surface area contributed by atoms with E-state index in [1.165, 1.54) is 24.8 Å². The number of hydrazone groups is 1. The summed E-state index contributed by atoms with van der Waals surface area (Å²) in [5.41, 5.74) is 4.10. The molecule has 0 aliphatic heterocycles. The summed E-state index contributed by atoms with van der Waals surface area (Å²) >= 11 is 1.14. The number of methoxy groups -OCH3 is 1. The lowest BCUT2D eigenvalue weighted by atomic mass is 10.2. The number of carbonyl (C=O) groups excluding carboxylic acids is 2. The quantitative estimate of drug-likeness (QED) is 0.0979. The molecule has 1 amide bonds. The van der Waals surface area contributed by atoms with Crippen LogP contribution in [-0.2, 0) is 9.59 Å². The van der Waals surface area contributed by atoms with Gasteiger partial charge in [-0.1, -0.05) is 42.1 Å². The highest BCUT2D eigenvalue weighted by Crippen LogP contribution is 2.27. The Hall–Kier alpha value is -4.44. The summed E-state index contributed by atoms with van der Waals surface area (Å²) in [6, 6.07) is 21.1. The van der Waals surface area contributed by atoms with Gasteiger partial charge in [0.05, 0.1) is 35.7 Å². The summed E-state index contributed by atoms with van der Waals surface area (Å²) < 4.78 is 11.8. The molecule has 0 spiro atoms. The van der Waals surface area contributed by atoms with Crippen molar-refractivity contribution in [3.05, 3.63) is 88.7 Å². The van der Waals surface area contributed by atoms with Crippen LogP contribution in [0.5, 0.6) is 11.5 Å². The smallest absolute Gasteiger partial charge is 0.308 e. The number of para-hydroxylation sites is 2. The molecular formula is C26H22N4O5S. The number of thioether (sulfide) groups is 1. The lowest BCUT2D eigenvalue weighted by Crippen LogP contribution is -2.24. The predicted octanol–water partition coefficient (Wildman–Crippen LogP) is 3.56. The number of fused-ring (bicyclic) bond motifs is 1. The summed E-state index contributed by atoms with van der Waals surface area (Å²) in [4.78, 5) is 41.5. The van der Waals surface area contributed by atoms with Crippen molar-refractivity contribution in [1.82, 2.24) is 15.0 Å². The standard InChI is InChI=1S/C26H22N4O5S/c1-17(31)35-22-13-12-18(14-23(22)34-2)15-27-29-24(32)16-36-26-28-21-11-7-6-10-20(21)25(33)30(26)19-8-4-3-5-9-19/h3-15H,16H2,1-2H3,(H,29,32). The summed E-state index contributed by atoms with van der Waals surface area (Å²) in [5, 5.41) is 4.87. The Kier molecular flexibility index (Phi) is 7.76. The average Bonchev–Trinajstić information content (AvgIpc) is 2.88. The van der Waals surface area contributed by atoms with Crippen LogP contribution in [0.2, 0.25) is 0 Å². The van der Waals surface area contributed by atoms with Gasteiger partial charge in [-0.25, -0.2) is 10.4 Å². The first-order chi connectivity index (χ1) is 17.5. The largest absolute Gasteiger partial charge is 0.493 e. The first-order valence-electron chi connectivity index (χ1n) is 10.8. The molecule has 0 unspecified atom stereocenters. The first kappa shape index (κ1) is 24.7. The Morgan fingerprint density at radius 2 is 1.81 bits per heavy atom. The average molecular weight is 503 g/mol. The molecule has 0 atom stereocenters. The number of esters is 1. The minimum absolute atomic E-state index is 0.0103. The van der Waals surface area contributed by atoms with Crippen molar-refractivity contribution in [2.24, 2.45) is 5.10 Å². The maximum atomic E-state index is 13.2. The van der Waals surface area contributed by atoms with Crippen molar-refractivity contribution in [1.29, 1.82) is 0 Å². The summed E-state index contributed by atoms with van der Waals surface area (Å²) in [5.74, 6) is -0.198. The van der Waals surface area contributed by atoms with Crippen LogP contribution in [0.3, 0.4) is 0 Å².